The summed E-state index contributed by atoms with van der Waals surface area (Å²) < 4.78 is 5.38. The molecule has 0 saturated heterocycles. The molecule has 0 aromatic heterocycles. The summed E-state index contributed by atoms with van der Waals surface area (Å²) in [6, 6.07) is 16.4. The van der Waals surface area contributed by atoms with Gasteiger partial charge in [0.25, 0.3) is 0 Å². The van der Waals surface area contributed by atoms with Crippen LogP contribution in [0.5, 0.6) is 0 Å². The third-order valence-corrected chi connectivity index (χ3v) is 4.22. The van der Waals surface area contributed by atoms with Gasteiger partial charge in [0.15, 0.2) is 6.29 Å². The molecular weight excluding hydrogens is 318 g/mol. The highest BCUT2D eigenvalue weighted by molar-refractivity contribution is 5.79. The van der Waals surface area contributed by atoms with Crippen LogP contribution in [0.15, 0.2) is 60.7 Å². The first-order valence-corrected chi connectivity index (χ1v) is 8.27. The number of hydrogen-bond donors (Lipinski definition) is 3. The van der Waals surface area contributed by atoms with Crippen LogP contribution in [0.1, 0.15) is 23.5 Å². The highest BCUT2D eigenvalue weighted by Gasteiger charge is 2.28. The number of carbonyl (C=O) groups is 1. The molecule has 0 spiro atoms. The lowest BCUT2D eigenvalue weighted by Gasteiger charge is -2.14. The maximum absolute atomic E-state index is 11.9. The number of amides is 1. The Balaban J connectivity index is 1.58. The molecule has 3 N–H and O–H groups in total. The maximum Gasteiger partial charge on any atom is 0.407 e. The summed E-state index contributed by atoms with van der Waals surface area (Å²) in [6.07, 6.45) is 1.52. The van der Waals surface area contributed by atoms with Gasteiger partial charge < -0.3 is 20.3 Å². The number of aliphatic hydroxyl groups is 2. The van der Waals surface area contributed by atoms with Gasteiger partial charge in [-0.1, -0.05) is 60.7 Å². The summed E-state index contributed by atoms with van der Waals surface area (Å²) in [5.74, 6) is 0.0400. The van der Waals surface area contributed by atoms with E-state index in [-0.39, 0.29) is 25.5 Å². The molecule has 0 atom stereocenters. The third-order valence-electron chi connectivity index (χ3n) is 4.22. The molecule has 3 rings (SSSR count). The molecule has 130 valence electrons. The first-order chi connectivity index (χ1) is 12.2. The Morgan fingerprint density at radius 2 is 1.64 bits per heavy atom. The van der Waals surface area contributed by atoms with Crippen molar-refractivity contribution < 1.29 is 19.7 Å². The summed E-state index contributed by atoms with van der Waals surface area (Å²) in [5.41, 5.74) is 4.73. The van der Waals surface area contributed by atoms with Crippen molar-refractivity contribution in [1.29, 1.82) is 0 Å². The van der Waals surface area contributed by atoms with Crippen LogP contribution >= 0.6 is 0 Å². The summed E-state index contributed by atoms with van der Waals surface area (Å²) in [4.78, 5) is 11.9. The van der Waals surface area contributed by atoms with Gasteiger partial charge in [0.1, 0.15) is 6.61 Å². The van der Waals surface area contributed by atoms with Gasteiger partial charge in [-0.15, -0.1) is 0 Å². The molecule has 25 heavy (non-hydrogen) atoms. The van der Waals surface area contributed by atoms with E-state index in [1.807, 2.05) is 24.3 Å². The van der Waals surface area contributed by atoms with Crippen LogP contribution < -0.4 is 5.32 Å². The second kappa shape index (κ2) is 7.96. The van der Waals surface area contributed by atoms with E-state index in [1.54, 1.807) is 12.2 Å². The number of hydrogen-bond acceptors (Lipinski definition) is 4. The Morgan fingerprint density at radius 3 is 2.24 bits per heavy atom. The van der Waals surface area contributed by atoms with Gasteiger partial charge in [0.2, 0.25) is 0 Å². The van der Waals surface area contributed by atoms with Crippen molar-refractivity contribution >= 4 is 6.09 Å². The van der Waals surface area contributed by atoms with E-state index in [4.69, 9.17) is 14.9 Å². The van der Waals surface area contributed by atoms with Crippen LogP contribution in [-0.2, 0) is 4.74 Å². The van der Waals surface area contributed by atoms with Crippen LogP contribution in [-0.4, -0.2) is 35.7 Å². The number of nitrogens with one attached hydrogen (secondary N) is 1. The van der Waals surface area contributed by atoms with Gasteiger partial charge in [0.05, 0.1) is 0 Å². The quantitative estimate of drug-likeness (QED) is 0.558. The molecule has 0 fully saturated rings. The van der Waals surface area contributed by atoms with Crippen LogP contribution in [0.4, 0.5) is 4.79 Å². The monoisotopic (exact) mass is 339 g/mol. The Labute approximate surface area is 146 Å². The van der Waals surface area contributed by atoms with Crippen molar-refractivity contribution in [2.45, 2.75) is 18.6 Å². The zero-order valence-electron chi connectivity index (χ0n) is 13.8. The van der Waals surface area contributed by atoms with Crippen molar-refractivity contribution in [3.05, 3.63) is 71.8 Å². The second-order valence-corrected chi connectivity index (χ2v) is 5.89. The van der Waals surface area contributed by atoms with E-state index in [1.165, 1.54) is 22.3 Å². The molecule has 0 radical (unpaired) electrons. The lowest BCUT2D eigenvalue weighted by molar-refractivity contribution is -0.0361. The van der Waals surface area contributed by atoms with Gasteiger partial charge >= 0.3 is 6.09 Å². The minimum Gasteiger partial charge on any atom is -0.449 e. The number of aliphatic hydroxyl groups excluding tert-OH is 1. The van der Waals surface area contributed by atoms with E-state index in [0.29, 0.717) is 0 Å². The van der Waals surface area contributed by atoms with E-state index >= 15 is 0 Å². The zero-order chi connectivity index (χ0) is 17.6. The summed E-state index contributed by atoms with van der Waals surface area (Å²) in [5, 5.41) is 20.1. The highest BCUT2D eigenvalue weighted by Crippen LogP contribution is 2.44. The largest absolute Gasteiger partial charge is 0.449 e. The van der Waals surface area contributed by atoms with Gasteiger partial charge in [-0.3, -0.25) is 0 Å². The zero-order valence-corrected chi connectivity index (χ0v) is 13.8. The minimum absolute atomic E-state index is 0.0400. The van der Waals surface area contributed by atoms with Crippen molar-refractivity contribution in [3.8, 4) is 11.1 Å². The minimum atomic E-state index is -1.37. The number of carbonyl (C=O) groups excluding carboxylic acids is 1. The molecule has 1 aliphatic carbocycles. The molecule has 0 aliphatic heterocycles. The molecule has 0 heterocycles. The molecule has 1 amide bonds. The average Bonchev–Trinajstić information content (AvgIpc) is 2.93. The predicted molar refractivity (Wildman–Crippen MR) is 95.1 cm³/mol. The smallest absolute Gasteiger partial charge is 0.407 e. The molecule has 5 heteroatoms. The molecular formula is C20H21NO4. The average molecular weight is 339 g/mol. The van der Waals surface area contributed by atoms with Gasteiger partial charge in [-0.25, -0.2) is 4.79 Å². The predicted octanol–water partition coefficient (Wildman–Crippen LogP) is 2.78. The van der Waals surface area contributed by atoms with E-state index in [9.17, 15) is 4.79 Å². The molecule has 5 nitrogen and oxygen atoms in total. The second-order valence-electron chi connectivity index (χ2n) is 5.89. The number of rotatable bonds is 6. The van der Waals surface area contributed by atoms with Gasteiger partial charge in [-0.2, -0.15) is 0 Å². The summed E-state index contributed by atoms with van der Waals surface area (Å²) in [6.45, 7) is 0.558. The standard InChI is InChI=1S/C20H21NO4/c22-19(23)11-5-6-12-21-20(24)25-13-18-16-9-3-1-7-14(16)15-8-2-4-10-17(15)18/h1-10,18-19,22-23H,11-13H2,(H,21,24)/b6-5+. The fourth-order valence-corrected chi connectivity index (χ4v) is 3.09. The number of benzene rings is 2. The first-order valence-electron chi connectivity index (χ1n) is 8.27. The highest BCUT2D eigenvalue weighted by atomic mass is 16.5. The fraction of sp³-hybridized carbons (Fsp3) is 0.250. The van der Waals surface area contributed by atoms with Crippen molar-refractivity contribution in [3.63, 3.8) is 0 Å². The lowest BCUT2D eigenvalue weighted by Crippen LogP contribution is -2.26. The normalized spacial score (nSPS) is 13.1. The molecule has 0 saturated carbocycles. The maximum atomic E-state index is 11.9. The SMILES string of the molecule is O=C(NC/C=C/CC(O)O)OCC1c2ccccc2-c2ccccc21. The van der Waals surface area contributed by atoms with Crippen molar-refractivity contribution in [2.75, 3.05) is 13.2 Å². The van der Waals surface area contributed by atoms with Crippen LogP contribution in [0.2, 0.25) is 0 Å². The van der Waals surface area contributed by atoms with Crippen LogP contribution in [0.3, 0.4) is 0 Å². The lowest BCUT2D eigenvalue weighted by atomic mass is 9.98. The summed E-state index contributed by atoms with van der Waals surface area (Å²) >= 11 is 0. The van der Waals surface area contributed by atoms with E-state index < -0.39 is 12.4 Å². The molecule has 0 unspecified atom stereocenters. The molecule has 1 aliphatic rings. The van der Waals surface area contributed by atoms with Gasteiger partial charge in [0, 0.05) is 18.9 Å². The van der Waals surface area contributed by atoms with E-state index in [2.05, 4.69) is 29.6 Å². The summed E-state index contributed by atoms with van der Waals surface area (Å²) in [7, 11) is 0. The van der Waals surface area contributed by atoms with Crippen LogP contribution in [0, 0.1) is 0 Å². The molecule has 0 bridgehead atoms. The molecule has 2 aromatic carbocycles. The Morgan fingerprint density at radius 1 is 1.04 bits per heavy atom. The van der Waals surface area contributed by atoms with Crippen molar-refractivity contribution in [2.24, 2.45) is 0 Å². The Hall–Kier alpha value is -2.63. The fourth-order valence-electron chi connectivity index (χ4n) is 3.09. The first kappa shape index (κ1) is 17.2. The number of alkyl carbamates (subject to hydrolysis) is 1. The van der Waals surface area contributed by atoms with Gasteiger partial charge in [-0.05, 0) is 22.3 Å². The molecule has 2 aromatic rings. The van der Waals surface area contributed by atoms with Crippen LogP contribution in [0.25, 0.3) is 11.1 Å². The number of fused-ring (bicyclic) bond motifs is 3. The topological polar surface area (TPSA) is 78.8 Å². The van der Waals surface area contributed by atoms with Crippen molar-refractivity contribution in [1.82, 2.24) is 5.32 Å². The number of ether oxygens (including phenoxy) is 1. The van der Waals surface area contributed by atoms with E-state index in [0.717, 1.165) is 0 Å². The Bertz CT molecular complexity index is 724. The Kier molecular flexibility index (Phi) is 5.48. The third kappa shape index (κ3) is 4.07.